The molecule has 0 spiro atoms. The Kier molecular flexibility index (Phi) is 3.88. The number of rotatable bonds is 2. The predicted molar refractivity (Wildman–Crippen MR) is 124 cm³/mol. The summed E-state index contributed by atoms with van der Waals surface area (Å²) in [6, 6.07) is 27.6. The molecule has 0 aliphatic rings. The summed E-state index contributed by atoms with van der Waals surface area (Å²) in [4.78, 5) is 0. The van der Waals surface area contributed by atoms with Gasteiger partial charge in [-0.3, -0.25) is 9.98 Å². The van der Waals surface area contributed by atoms with Gasteiger partial charge in [0.25, 0.3) is 0 Å². The van der Waals surface area contributed by atoms with Crippen LogP contribution in [0.25, 0.3) is 49.3 Å². The summed E-state index contributed by atoms with van der Waals surface area (Å²) in [5, 5.41) is 14.6. The van der Waals surface area contributed by atoms with E-state index < -0.39 is 0 Å². The molecule has 1 heterocycles. The van der Waals surface area contributed by atoms with Crippen LogP contribution >= 0.6 is 0 Å². The van der Waals surface area contributed by atoms with E-state index in [0.717, 1.165) is 32.9 Å². The molecule has 29 heavy (non-hydrogen) atoms. The molecule has 0 saturated heterocycles. The molecule has 2 nitrogen and oxygen atoms in total. The van der Waals surface area contributed by atoms with Gasteiger partial charge in [-0.2, -0.15) is 0 Å². The van der Waals surface area contributed by atoms with Gasteiger partial charge in [-0.05, 0) is 58.8 Å². The molecular weight excluding hydrogens is 352 g/mol. The Balaban J connectivity index is 1.86. The zero-order chi connectivity index (χ0) is 20.1. The van der Waals surface area contributed by atoms with Crippen LogP contribution in [0.15, 0.2) is 85.4 Å². The van der Waals surface area contributed by atoms with Crippen LogP contribution in [0.2, 0.25) is 0 Å². The van der Waals surface area contributed by atoms with Gasteiger partial charge in [0.1, 0.15) is 5.49 Å². The van der Waals surface area contributed by atoms with Gasteiger partial charge in [-0.1, -0.05) is 73.3 Å². The summed E-state index contributed by atoms with van der Waals surface area (Å²) in [7, 11) is 0. The second-order valence-corrected chi connectivity index (χ2v) is 7.66. The molecule has 4 aromatic carbocycles. The normalized spacial score (nSPS) is 11.4. The van der Waals surface area contributed by atoms with Crippen molar-refractivity contribution in [3.05, 3.63) is 96.5 Å². The lowest BCUT2D eigenvalue weighted by molar-refractivity contribution is 1.00. The van der Waals surface area contributed by atoms with Gasteiger partial charge < -0.3 is 0 Å². The van der Waals surface area contributed by atoms with E-state index in [9.17, 15) is 0 Å². The number of fused-ring (bicyclic) bond motifs is 4. The number of hydrogen-bond donors (Lipinski definition) is 1. The van der Waals surface area contributed by atoms with Crippen molar-refractivity contribution in [1.82, 2.24) is 4.57 Å². The Morgan fingerprint density at radius 3 is 2.31 bits per heavy atom. The molecule has 0 amide bonds. The molecular formula is C27H22N2. The third-order valence-corrected chi connectivity index (χ3v) is 5.82. The van der Waals surface area contributed by atoms with Crippen LogP contribution in [0.5, 0.6) is 0 Å². The van der Waals surface area contributed by atoms with Crippen LogP contribution in [0, 0.1) is 12.3 Å². The first-order valence-electron chi connectivity index (χ1n) is 9.83. The van der Waals surface area contributed by atoms with Crippen molar-refractivity contribution in [2.75, 3.05) is 0 Å². The molecule has 2 heteroatoms. The molecule has 0 bridgehead atoms. The van der Waals surface area contributed by atoms with E-state index in [-0.39, 0.29) is 0 Å². The topological polar surface area (TPSA) is 28.8 Å². The van der Waals surface area contributed by atoms with Crippen LogP contribution in [-0.2, 0) is 0 Å². The minimum absolute atomic E-state index is 0.478. The van der Waals surface area contributed by atoms with Crippen LogP contribution < -0.4 is 5.49 Å². The lowest BCUT2D eigenvalue weighted by Crippen LogP contribution is -2.19. The van der Waals surface area contributed by atoms with Crippen LogP contribution in [-0.4, -0.2) is 4.57 Å². The van der Waals surface area contributed by atoms with Crippen molar-refractivity contribution >= 4 is 38.1 Å². The average molecular weight is 374 g/mol. The van der Waals surface area contributed by atoms with Crippen molar-refractivity contribution in [3.63, 3.8) is 0 Å². The smallest absolute Gasteiger partial charge is 0.137 e. The maximum absolute atomic E-state index is 8.90. The predicted octanol–water partition coefficient (Wildman–Crippen LogP) is 6.89. The number of pyridine rings is 1. The number of hydrogen-bond acceptors (Lipinski definition) is 1. The Bertz CT molecular complexity index is 1500. The zero-order valence-electron chi connectivity index (χ0n) is 16.7. The van der Waals surface area contributed by atoms with E-state index in [0.29, 0.717) is 5.49 Å². The van der Waals surface area contributed by atoms with E-state index >= 15 is 0 Å². The van der Waals surface area contributed by atoms with Crippen LogP contribution in [0.1, 0.15) is 12.5 Å². The van der Waals surface area contributed by atoms with E-state index in [1.54, 1.807) is 0 Å². The molecule has 0 aliphatic carbocycles. The van der Waals surface area contributed by atoms with Crippen LogP contribution in [0.3, 0.4) is 0 Å². The lowest BCUT2D eigenvalue weighted by Gasteiger charge is -2.16. The molecule has 0 atom stereocenters. The number of nitrogens with zero attached hydrogens (tertiary/aromatic N) is 1. The third kappa shape index (κ3) is 2.60. The fourth-order valence-electron chi connectivity index (χ4n) is 4.42. The van der Waals surface area contributed by atoms with Gasteiger partial charge in [0.05, 0.1) is 5.52 Å². The molecule has 0 aliphatic heterocycles. The molecule has 140 valence electrons. The highest BCUT2D eigenvalue weighted by molar-refractivity contribution is 6.07. The van der Waals surface area contributed by atoms with Gasteiger partial charge >= 0.3 is 0 Å². The number of aromatic nitrogens is 1. The van der Waals surface area contributed by atoms with E-state index in [1.807, 2.05) is 17.6 Å². The van der Waals surface area contributed by atoms with Crippen molar-refractivity contribution in [1.29, 1.82) is 5.41 Å². The minimum Gasteiger partial charge on any atom is -0.299 e. The van der Waals surface area contributed by atoms with Gasteiger partial charge in [-0.15, -0.1) is 0 Å². The SMILES string of the molecule is C=C(C)n1c(=N)c2cc(-c3ccc4ccccc4c3C)ccc2c2ccccc21. The van der Waals surface area contributed by atoms with E-state index in [2.05, 4.69) is 86.3 Å². The maximum atomic E-state index is 8.90. The summed E-state index contributed by atoms with van der Waals surface area (Å²) in [6.07, 6.45) is 0. The Morgan fingerprint density at radius 2 is 1.52 bits per heavy atom. The monoisotopic (exact) mass is 374 g/mol. The molecule has 0 fully saturated rings. The van der Waals surface area contributed by atoms with Crippen molar-refractivity contribution in [3.8, 4) is 11.1 Å². The van der Waals surface area contributed by atoms with Gasteiger partial charge in [0.15, 0.2) is 0 Å². The van der Waals surface area contributed by atoms with Crippen molar-refractivity contribution in [2.24, 2.45) is 0 Å². The summed E-state index contributed by atoms with van der Waals surface area (Å²) in [5.74, 6) is 0. The largest absolute Gasteiger partial charge is 0.299 e. The number of benzene rings is 4. The molecule has 5 aromatic rings. The molecule has 1 N–H and O–H groups in total. The second kappa shape index (κ2) is 6.46. The summed E-state index contributed by atoms with van der Waals surface area (Å²) < 4.78 is 1.94. The molecule has 0 saturated carbocycles. The molecule has 5 rings (SSSR count). The van der Waals surface area contributed by atoms with E-state index in [1.165, 1.54) is 21.9 Å². The number of aryl methyl sites for hydroxylation is 1. The highest BCUT2D eigenvalue weighted by Crippen LogP contribution is 2.32. The molecule has 0 radical (unpaired) electrons. The lowest BCUT2D eigenvalue weighted by atomic mass is 9.93. The Hall–Kier alpha value is -3.65. The summed E-state index contributed by atoms with van der Waals surface area (Å²) >= 11 is 0. The number of allylic oxidation sites excluding steroid dienone is 1. The standard InChI is InChI=1S/C27H22N2/c1-17(2)29-26-11-7-6-10-24(26)23-15-13-20(16-25(23)27(29)28)22-14-12-19-8-4-5-9-21(19)18(22)3/h4-16,28H,1H2,2-3H3. The zero-order valence-corrected chi connectivity index (χ0v) is 16.7. The molecule has 1 aromatic heterocycles. The Morgan fingerprint density at radius 1 is 0.793 bits per heavy atom. The quantitative estimate of drug-likeness (QED) is 0.326. The fourth-order valence-corrected chi connectivity index (χ4v) is 4.42. The highest BCUT2D eigenvalue weighted by atomic mass is 15.0. The first-order chi connectivity index (χ1) is 14.1. The van der Waals surface area contributed by atoms with Gasteiger partial charge in [0, 0.05) is 16.5 Å². The van der Waals surface area contributed by atoms with Crippen LogP contribution in [0.4, 0.5) is 0 Å². The summed E-state index contributed by atoms with van der Waals surface area (Å²) in [5.41, 5.74) is 5.96. The highest BCUT2D eigenvalue weighted by Gasteiger charge is 2.12. The fraction of sp³-hybridized carbons (Fsp3) is 0.0741. The molecule has 0 unspecified atom stereocenters. The van der Waals surface area contributed by atoms with Gasteiger partial charge in [0.2, 0.25) is 0 Å². The Labute approximate surface area is 169 Å². The number of para-hydroxylation sites is 1. The minimum atomic E-state index is 0.478. The van der Waals surface area contributed by atoms with Gasteiger partial charge in [-0.25, -0.2) is 0 Å². The maximum Gasteiger partial charge on any atom is 0.137 e. The number of nitrogens with one attached hydrogen (secondary N) is 1. The first kappa shape index (κ1) is 17.4. The average Bonchev–Trinajstić information content (AvgIpc) is 2.74. The summed E-state index contributed by atoms with van der Waals surface area (Å²) in [6.45, 7) is 8.25. The third-order valence-electron chi connectivity index (χ3n) is 5.82. The first-order valence-corrected chi connectivity index (χ1v) is 9.83. The van der Waals surface area contributed by atoms with E-state index in [4.69, 9.17) is 5.41 Å². The van der Waals surface area contributed by atoms with Crippen molar-refractivity contribution in [2.45, 2.75) is 13.8 Å². The van der Waals surface area contributed by atoms with Crippen molar-refractivity contribution < 1.29 is 0 Å². The second-order valence-electron chi connectivity index (χ2n) is 7.66.